The van der Waals surface area contributed by atoms with Crippen molar-refractivity contribution in [1.29, 1.82) is 0 Å². The van der Waals surface area contributed by atoms with Gasteiger partial charge in [-0.3, -0.25) is 14.2 Å². The van der Waals surface area contributed by atoms with E-state index in [4.69, 9.17) is 11.6 Å². The van der Waals surface area contributed by atoms with Gasteiger partial charge in [-0.2, -0.15) is 15.3 Å². The zero-order valence-corrected chi connectivity index (χ0v) is 22.0. The van der Waals surface area contributed by atoms with Gasteiger partial charge in [0.2, 0.25) is 5.91 Å². The van der Waals surface area contributed by atoms with Crippen LogP contribution in [0.2, 0.25) is 5.02 Å². The highest BCUT2D eigenvalue weighted by Gasteiger charge is 2.23. The molecule has 0 fully saturated rings. The standard InChI is InChI=1S/C24H20BrClF2N8O/c1-13-21-16(22(27)28)7-19(15-8-29-34(2)9-15)30-24(21)36(32-13)12-20(37)31-23-17(25)11-35(33-23)10-14-5-3-4-6-18(14)26/h3-9,11,22H,10,12H2,1-2H3,(H,31,33,37). The summed E-state index contributed by atoms with van der Waals surface area (Å²) in [6, 6.07) is 8.75. The van der Waals surface area contributed by atoms with Crippen LogP contribution in [0.3, 0.4) is 0 Å². The van der Waals surface area contributed by atoms with Crippen molar-refractivity contribution in [1.82, 2.24) is 34.3 Å². The number of fused-ring (bicyclic) bond motifs is 1. The predicted molar refractivity (Wildman–Crippen MR) is 139 cm³/mol. The van der Waals surface area contributed by atoms with Gasteiger partial charge in [0.25, 0.3) is 6.43 Å². The van der Waals surface area contributed by atoms with Gasteiger partial charge in [0, 0.05) is 35.6 Å². The monoisotopic (exact) mass is 588 g/mol. The quantitative estimate of drug-likeness (QED) is 0.275. The van der Waals surface area contributed by atoms with E-state index in [1.165, 1.54) is 10.7 Å². The third-order valence-electron chi connectivity index (χ3n) is 5.70. The molecule has 0 unspecified atom stereocenters. The Morgan fingerprint density at radius 1 is 1.22 bits per heavy atom. The summed E-state index contributed by atoms with van der Waals surface area (Å²) in [5, 5.41) is 16.4. The van der Waals surface area contributed by atoms with Gasteiger partial charge in [0.05, 0.1) is 34.0 Å². The Morgan fingerprint density at radius 3 is 2.70 bits per heavy atom. The van der Waals surface area contributed by atoms with Crippen LogP contribution in [0, 0.1) is 6.92 Å². The fraction of sp³-hybridized carbons (Fsp3) is 0.208. The highest BCUT2D eigenvalue weighted by atomic mass is 79.9. The molecule has 4 heterocycles. The predicted octanol–water partition coefficient (Wildman–Crippen LogP) is 5.38. The summed E-state index contributed by atoms with van der Waals surface area (Å²) in [6.45, 7) is 1.77. The molecule has 0 spiro atoms. The van der Waals surface area contributed by atoms with E-state index >= 15 is 0 Å². The summed E-state index contributed by atoms with van der Waals surface area (Å²) in [7, 11) is 1.72. The molecule has 0 bridgehead atoms. The fourth-order valence-electron chi connectivity index (χ4n) is 4.04. The second-order valence-electron chi connectivity index (χ2n) is 8.40. The van der Waals surface area contributed by atoms with E-state index in [1.54, 1.807) is 48.0 Å². The van der Waals surface area contributed by atoms with Gasteiger partial charge in [-0.15, -0.1) is 0 Å². The minimum Gasteiger partial charge on any atom is -0.307 e. The molecule has 5 rings (SSSR count). The number of nitrogens with one attached hydrogen (secondary N) is 1. The number of aromatic nitrogens is 7. The molecular weight excluding hydrogens is 570 g/mol. The van der Waals surface area contributed by atoms with Crippen molar-refractivity contribution in [3.05, 3.63) is 75.2 Å². The van der Waals surface area contributed by atoms with Gasteiger partial charge in [0.15, 0.2) is 11.5 Å². The van der Waals surface area contributed by atoms with Gasteiger partial charge in [-0.1, -0.05) is 29.8 Å². The number of aryl methyl sites for hydroxylation is 2. The number of carbonyl (C=O) groups excluding carboxylic acids is 1. The number of carbonyl (C=O) groups is 1. The maximum atomic E-state index is 14.0. The highest BCUT2D eigenvalue weighted by molar-refractivity contribution is 9.10. The third kappa shape index (κ3) is 5.12. The van der Waals surface area contributed by atoms with Crippen molar-refractivity contribution < 1.29 is 13.6 Å². The summed E-state index contributed by atoms with van der Waals surface area (Å²) < 4.78 is 33.0. The van der Waals surface area contributed by atoms with E-state index < -0.39 is 12.3 Å². The van der Waals surface area contributed by atoms with Crippen molar-refractivity contribution in [2.24, 2.45) is 7.05 Å². The van der Waals surface area contributed by atoms with E-state index in [-0.39, 0.29) is 23.1 Å². The number of hydrogen-bond acceptors (Lipinski definition) is 5. The first kappa shape index (κ1) is 25.0. The van der Waals surface area contributed by atoms with Crippen molar-refractivity contribution >= 4 is 50.3 Å². The summed E-state index contributed by atoms with van der Waals surface area (Å²) in [4.78, 5) is 17.5. The maximum Gasteiger partial charge on any atom is 0.264 e. The number of nitrogens with zero attached hydrogens (tertiary/aromatic N) is 7. The van der Waals surface area contributed by atoms with E-state index in [1.807, 2.05) is 18.2 Å². The first-order valence-corrected chi connectivity index (χ1v) is 12.3. The Kier molecular flexibility index (Phi) is 6.78. The molecule has 0 aliphatic heterocycles. The zero-order valence-electron chi connectivity index (χ0n) is 19.7. The lowest BCUT2D eigenvalue weighted by Crippen LogP contribution is -2.20. The average molecular weight is 590 g/mol. The van der Waals surface area contributed by atoms with Crippen LogP contribution in [0.25, 0.3) is 22.3 Å². The molecule has 13 heteroatoms. The summed E-state index contributed by atoms with van der Waals surface area (Å²) in [5.41, 5.74) is 2.11. The molecule has 1 aromatic carbocycles. The van der Waals surface area contributed by atoms with Crippen molar-refractivity contribution in [2.45, 2.75) is 26.4 Å². The Balaban J connectivity index is 1.42. The number of halogens is 4. The fourth-order valence-corrected chi connectivity index (χ4v) is 4.65. The van der Waals surface area contributed by atoms with Crippen LogP contribution in [0.4, 0.5) is 14.6 Å². The Hall–Kier alpha value is -3.64. The molecule has 0 saturated carbocycles. The first-order valence-electron chi connectivity index (χ1n) is 11.1. The molecule has 5 aromatic rings. The lowest BCUT2D eigenvalue weighted by molar-refractivity contribution is -0.116. The average Bonchev–Trinajstić information content (AvgIpc) is 3.52. The van der Waals surface area contributed by atoms with Gasteiger partial charge in [-0.05, 0) is 40.5 Å². The number of hydrogen-bond donors (Lipinski definition) is 1. The molecule has 1 N–H and O–H groups in total. The molecule has 1 amide bonds. The highest BCUT2D eigenvalue weighted by Crippen LogP contribution is 2.33. The van der Waals surface area contributed by atoms with E-state index in [0.717, 1.165) is 5.56 Å². The molecule has 0 aliphatic carbocycles. The summed E-state index contributed by atoms with van der Waals surface area (Å²) >= 11 is 9.65. The number of rotatable bonds is 7. The molecule has 0 saturated heterocycles. The minimum atomic E-state index is -2.75. The third-order valence-corrected chi connectivity index (χ3v) is 6.65. The summed E-state index contributed by atoms with van der Waals surface area (Å²) in [6.07, 6.45) is 2.20. The molecule has 0 radical (unpaired) electrons. The smallest absolute Gasteiger partial charge is 0.264 e. The first-order chi connectivity index (χ1) is 17.7. The van der Waals surface area contributed by atoms with Crippen LogP contribution in [0.5, 0.6) is 0 Å². The Labute approximate surface area is 223 Å². The minimum absolute atomic E-state index is 0.188. The summed E-state index contributed by atoms with van der Waals surface area (Å²) in [5.74, 6) is -0.136. The van der Waals surface area contributed by atoms with Gasteiger partial charge in [-0.25, -0.2) is 18.4 Å². The van der Waals surface area contributed by atoms with Crippen LogP contribution < -0.4 is 5.32 Å². The lowest BCUT2D eigenvalue weighted by atomic mass is 10.1. The van der Waals surface area contributed by atoms with Crippen molar-refractivity contribution in [3.63, 3.8) is 0 Å². The molecule has 4 aromatic heterocycles. The second kappa shape index (κ2) is 10.0. The number of alkyl halides is 2. The lowest BCUT2D eigenvalue weighted by Gasteiger charge is -2.08. The topological polar surface area (TPSA) is 95.5 Å². The largest absolute Gasteiger partial charge is 0.307 e. The van der Waals surface area contributed by atoms with E-state index in [9.17, 15) is 13.6 Å². The molecule has 0 atom stereocenters. The van der Waals surface area contributed by atoms with Gasteiger partial charge >= 0.3 is 0 Å². The van der Waals surface area contributed by atoms with E-state index in [2.05, 4.69) is 41.5 Å². The maximum absolute atomic E-state index is 14.0. The number of amides is 1. The number of anilines is 1. The SMILES string of the molecule is Cc1nn(CC(=O)Nc2nn(Cc3ccccc3Cl)cc2Br)c2nc(-c3cnn(C)c3)cc(C(F)F)c12. The zero-order chi connectivity index (χ0) is 26.3. The normalized spacial score (nSPS) is 11.5. The van der Waals surface area contributed by atoms with Gasteiger partial charge < -0.3 is 5.32 Å². The number of benzene rings is 1. The molecule has 0 aliphatic rings. The second-order valence-corrected chi connectivity index (χ2v) is 9.67. The van der Waals surface area contributed by atoms with E-state index in [0.29, 0.717) is 38.8 Å². The molecular formula is C24H20BrClF2N8O. The van der Waals surface area contributed by atoms with Gasteiger partial charge in [0.1, 0.15) is 6.54 Å². The molecule has 9 nitrogen and oxygen atoms in total. The van der Waals surface area contributed by atoms with Crippen molar-refractivity contribution in [2.75, 3.05) is 5.32 Å². The van der Waals surface area contributed by atoms with Crippen molar-refractivity contribution in [3.8, 4) is 11.3 Å². The van der Waals surface area contributed by atoms with Crippen LogP contribution in [0.15, 0.2) is 53.4 Å². The van der Waals surface area contributed by atoms with Crippen LogP contribution in [0.1, 0.15) is 23.2 Å². The van der Waals surface area contributed by atoms with Crippen LogP contribution in [-0.2, 0) is 24.9 Å². The Morgan fingerprint density at radius 2 is 2.00 bits per heavy atom. The molecule has 190 valence electrons. The van der Waals surface area contributed by atoms with Crippen LogP contribution >= 0.6 is 27.5 Å². The molecule has 37 heavy (non-hydrogen) atoms. The van der Waals surface area contributed by atoms with Crippen LogP contribution in [-0.4, -0.2) is 40.2 Å². The number of pyridine rings is 1. The Bertz CT molecular complexity index is 1630.